The van der Waals surface area contributed by atoms with Gasteiger partial charge in [0.15, 0.2) is 0 Å². The first-order valence-electron chi connectivity index (χ1n) is 5.88. The lowest BCUT2D eigenvalue weighted by Gasteiger charge is -2.20. The zero-order valence-electron chi connectivity index (χ0n) is 10.5. The zero-order valence-corrected chi connectivity index (χ0v) is 12.0. The van der Waals surface area contributed by atoms with E-state index >= 15 is 0 Å². The molecule has 94 valence electrons. The molecular weight excluding hydrogens is 282 g/mol. The molecule has 1 heterocycles. The molecule has 2 rings (SSSR count). The number of methoxy groups -OCH3 is 1. The Morgan fingerprint density at radius 3 is 2.76 bits per heavy atom. The van der Waals surface area contributed by atoms with Gasteiger partial charge >= 0.3 is 0 Å². The monoisotopic (exact) mass is 299 g/mol. The van der Waals surface area contributed by atoms with E-state index in [1.54, 1.807) is 13.3 Å². The van der Waals surface area contributed by atoms with Gasteiger partial charge in [-0.05, 0) is 40.1 Å². The number of aromatic nitrogens is 2. The molecule has 1 aromatic heterocycles. The van der Waals surface area contributed by atoms with Crippen LogP contribution in [-0.4, -0.2) is 23.6 Å². The van der Waals surface area contributed by atoms with Gasteiger partial charge in [0, 0.05) is 6.54 Å². The van der Waals surface area contributed by atoms with E-state index in [1.165, 1.54) is 12.8 Å². The average Bonchev–Trinajstić information content (AvgIpc) is 3.09. The fourth-order valence-corrected chi connectivity index (χ4v) is 2.31. The molecule has 0 aliphatic heterocycles. The van der Waals surface area contributed by atoms with Gasteiger partial charge in [-0.3, -0.25) is 0 Å². The topological polar surface area (TPSA) is 47.0 Å². The maximum Gasteiger partial charge on any atom is 0.232 e. The lowest BCUT2D eigenvalue weighted by Crippen LogP contribution is -2.21. The number of nitrogens with one attached hydrogen (secondary N) is 1. The number of halogens is 1. The summed E-state index contributed by atoms with van der Waals surface area (Å²) in [5.74, 6) is 1.90. The van der Waals surface area contributed by atoms with E-state index in [9.17, 15) is 0 Å². The van der Waals surface area contributed by atoms with Crippen molar-refractivity contribution < 1.29 is 4.74 Å². The maximum atomic E-state index is 5.14. The summed E-state index contributed by atoms with van der Waals surface area (Å²) in [5, 5.41) is 3.31. The number of anilines is 1. The molecule has 1 aromatic rings. The van der Waals surface area contributed by atoms with Gasteiger partial charge in [-0.1, -0.05) is 13.8 Å². The van der Waals surface area contributed by atoms with E-state index in [0.717, 1.165) is 11.0 Å². The Bertz CT molecular complexity index is 405. The van der Waals surface area contributed by atoms with Crippen LogP contribution in [0.4, 0.5) is 5.95 Å². The molecule has 1 aliphatic carbocycles. The standard InChI is InChI=1S/C12H18BrN3O/c1-8(2)12(4-5-12)7-15-11-14-6-9(13)10(16-11)17-3/h6,8H,4-5,7H2,1-3H3,(H,14,15,16). The minimum atomic E-state index is 0.448. The molecule has 17 heavy (non-hydrogen) atoms. The maximum absolute atomic E-state index is 5.14. The van der Waals surface area contributed by atoms with Crippen molar-refractivity contribution in [3.8, 4) is 5.88 Å². The number of ether oxygens (including phenoxy) is 1. The first kappa shape index (κ1) is 12.6. The van der Waals surface area contributed by atoms with E-state index in [1.807, 2.05) is 0 Å². The van der Waals surface area contributed by atoms with Crippen LogP contribution < -0.4 is 10.1 Å². The van der Waals surface area contributed by atoms with Crippen LogP contribution in [-0.2, 0) is 0 Å². The fraction of sp³-hybridized carbons (Fsp3) is 0.667. The van der Waals surface area contributed by atoms with Crippen LogP contribution in [0.25, 0.3) is 0 Å². The van der Waals surface area contributed by atoms with Crippen LogP contribution in [0.5, 0.6) is 5.88 Å². The molecule has 5 heteroatoms. The van der Waals surface area contributed by atoms with Gasteiger partial charge in [-0.2, -0.15) is 4.98 Å². The molecule has 0 amide bonds. The normalized spacial score (nSPS) is 17.0. The van der Waals surface area contributed by atoms with E-state index in [0.29, 0.717) is 23.2 Å². The number of rotatable bonds is 5. The summed E-state index contributed by atoms with van der Waals surface area (Å²) in [5.41, 5.74) is 0.448. The second-order valence-electron chi connectivity index (χ2n) is 4.92. The quantitative estimate of drug-likeness (QED) is 0.907. The Kier molecular flexibility index (Phi) is 3.56. The molecule has 0 aromatic carbocycles. The Morgan fingerprint density at radius 2 is 2.24 bits per heavy atom. The Balaban J connectivity index is 2.00. The molecule has 0 unspecified atom stereocenters. The fourth-order valence-electron chi connectivity index (χ4n) is 1.95. The number of hydrogen-bond donors (Lipinski definition) is 1. The van der Waals surface area contributed by atoms with Crippen LogP contribution in [0.3, 0.4) is 0 Å². The Hall–Kier alpha value is -0.840. The number of hydrogen-bond acceptors (Lipinski definition) is 4. The summed E-state index contributed by atoms with van der Waals surface area (Å²) in [4.78, 5) is 8.52. The third kappa shape index (κ3) is 2.70. The Morgan fingerprint density at radius 1 is 1.53 bits per heavy atom. The van der Waals surface area contributed by atoms with E-state index in [2.05, 4.69) is 45.1 Å². The second kappa shape index (κ2) is 4.80. The lowest BCUT2D eigenvalue weighted by atomic mass is 9.92. The highest BCUT2D eigenvalue weighted by atomic mass is 79.9. The first-order chi connectivity index (χ1) is 8.07. The molecule has 1 N–H and O–H groups in total. The van der Waals surface area contributed by atoms with Crippen molar-refractivity contribution >= 4 is 21.9 Å². The van der Waals surface area contributed by atoms with Crippen LogP contribution in [0.1, 0.15) is 26.7 Å². The van der Waals surface area contributed by atoms with Crippen molar-refractivity contribution in [1.82, 2.24) is 9.97 Å². The third-order valence-corrected chi connectivity index (χ3v) is 4.16. The van der Waals surface area contributed by atoms with Crippen LogP contribution >= 0.6 is 15.9 Å². The summed E-state index contributed by atoms with van der Waals surface area (Å²) in [6.07, 6.45) is 4.31. The highest BCUT2D eigenvalue weighted by molar-refractivity contribution is 9.10. The van der Waals surface area contributed by atoms with Crippen molar-refractivity contribution in [3.05, 3.63) is 10.7 Å². The van der Waals surface area contributed by atoms with Gasteiger partial charge in [-0.15, -0.1) is 0 Å². The van der Waals surface area contributed by atoms with Crippen LogP contribution in [0.15, 0.2) is 10.7 Å². The molecule has 1 fully saturated rings. The SMILES string of the molecule is COc1nc(NCC2(C(C)C)CC2)ncc1Br. The molecular formula is C12H18BrN3O. The van der Waals surface area contributed by atoms with Gasteiger partial charge < -0.3 is 10.1 Å². The zero-order chi connectivity index (χ0) is 12.5. The Labute approximate surface area is 110 Å². The molecule has 0 spiro atoms. The third-order valence-electron chi connectivity index (χ3n) is 3.62. The van der Waals surface area contributed by atoms with E-state index in [4.69, 9.17) is 4.74 Å². The highest BCUT2D eigenvalue weighted by Gasteiger charge is 2.45. The van der Waals surface area contributed by atoms with Gasteiger partial charge in [-0.25, -0.2) is 4.98 Å². The van der Waals surface area contributed by atoms with Gasteiger partial charge in [0.2, 0.25) is 11.8 Å². The smallest absolute Gasteiger partial charge is 0.232 e. The molecule has 1 aliphatic rings. The summed E-state index contributed by atoms with van der Waals surface area (Å²) >= 11 is 3.34. The van der Waals surface area contributed by atoms with Crippen molar-refractivity contribution in [3.63, 3.8) is 0 Å². The largest absolute Gasteiger partial charge is 0.480 e. The molecule has 0 atom stereocenters. The van der Waals surface area contributed by atoms with Crippen LogP contribution in [0, 0.1) is 11.3 Å². The van der Waals surface area contributed by atoms with Crippen LogP contribution in [0.2, 0.25) is 0 Å². The van der Waals surface area contributed by atoms with Gasteiger partial charge in [0.05, 0.1) is 17.8 Å². The molecule has 0 saturated heterocycles. The molecule has 4 nitrogen and oxygen atoms in total. The summed E-state index contributed by atoms with van der Waals surface area (Å²) < 4.78 is 5.92. The summed E-state index contributed by atoms with van der Waals surface area (Å²) in [7, 11) is 1.60. The first-order valence-corrected chi connectivity index (χ1v) is 6.67. The van der Waals surface area contributed by atoms with Crippen molar-refractivity contribution in [1.29, 1.82) is 0 Å². The van der Waals surface area contributed by atoms with E-state index in [-0.39, 0.29) is 0 Å². The van der Waals surface area contributed by atoms with Crippen molar-refractivity contribution in [2.24, 2.45) is 11.3 Å². The van der Waals surface area contributed by atoms with E-state index < -0.39 is 0 Å². The minimum absolute atomic E-state index is 0.448. The molecule has 0 bridgehead atoms. The average molecular weight is 300 g/mol. The number of nitrogens with zero attached hydrogens (tertiary/aromatic N) is 2. The van der Waals surface area contributed by atoms with Crippen molar-refractivity contribution in [2.75, 3.05) is 19.0 Å². The second-order valence-corrected chi connectivity index (χ2v) is 5.78. The van der Waals surface area contributed by atoms with Crippen molar-refractivity contribution in [2.45, 2.75) is 26.7 Å². The molecule has 0 radical (unpaired) electrons. The predicted octanol–water partition coefficient (Wildman–Crippen LogP) is 3.10. The van der Waals surface area contributed by atoms with Gasteiger partial charge in [0.1, 0.15) is 0 Å². The minimum Gasteiger partial charge on any atom is -0.480 e. The summed E-state index contributed by atoms with van der Waals surface area (Å²) in [6.45, 7) is 5.49. The summed E-state index contributed by atoms with van der Waals surface area (Å²) in [6, 6.07) is 0. The lowest BCUT2D eigenvalue weighted by molar-refractivity contribution is 0.377. The van der Waals surface area contributed by atoms with Gasteiger partial charge in [0.25, 0.3) is 0 Å². The molecule has 1 saturated carbocycles. The predicted molar refractivity (Wildman–Crippen MR) is 71.3 cm³/mol. The highest BCUT2D eigenvalue weighted by Crippen LogP contribution is 2.51.